The first-order valence-electron chi connectivity index (χ1n) is 5.10. The molecule has 0 aliphatic rings. The third kappa shape index (κ3) is 2.97. The highest BCUT2D eigenvalue weighted by molar-refractivity contribution is 7.09. The predicted octanol–water partition coefficient (Wildman–Crippen LogP) is 3.08. The monoisotopic (exact) mass is 269 g/mol. The molecule has 0 fully saturated rings. The van der Waals surface area contributed by atoms with Gasteiger partial charge in [-0.25, -0.2) is 4.98 Å². The fourth-order valence-corrected chi connectivity index (χ4v) is 2.42. The van der Waals surface area contributed by atoms with E-state index in [0.29, 0.717) is 16.5 Å². The van der Waals surface area contributed by atoms with E-state index in [1.807, 2.05) is 5.38 Å². The van der Waals surface area contributed by atoms with Crippen LogP contribution in [-0.4, -0.2) is 17.2 Å². The number of methoxy groups -OCH3 is 1. The summed E-state index contributed by atoms with van der Waals surface area (Å²) >= 11 is 7.36. The normalized spacial score (nSPS) is 12.4. The Balaban J connectivity index is 2.20. The number of nitrogens with zero attached hydrogens (tertiary/aromatic N) is 1. The lowest BCUT2D eigenvalue weighted by atomic mass is 10.1. The van der Waals surface area contributed by atoms with Gasteiger partial charge in [0.1, 0.15) is 16.9 Å². The predicted molar refractivity (Wildman–Crippen MR) is 68.8 cm³/mol. The van der Waals surface area contributed by atoms with E-state index in [9.17, 15) is 5.11 Å². The molecule has 0 aliphatic carbocycles. The standard InChI is InChI=1S/C12H12ClNO2S/c1-16-11-3-2-9(13)6-8(11)7-10(15)12-14-4-5-17-12/h2-6,10,15H,7H2,1H3. The van der Waals surface area contributed by atoms with E-state index >= 15 is 0 Å². The highest BCUT2D eigenvalue weighted by atomic mass is 35.5. The zero-order valence-electron chi connectivity index (χ0n) is 9.26. The molecule has 0 radical (unpaired) electrons. The molecule has 0 saturated heterocycles. The fourth-order valence-electron chi connectivity index (χ4n) is 1.60. The van der Waals surface area contributed by atoms with E-state index in [1.165, 1.54) is 11.3 Å². The molecule has 1 heterocycles. The van der Waals surface area contributed by atoms with Crippen molar-refractivity contribution in [3.8, 4) is 5.75 Å². The van der Waals surface area contributed by atoms with E-state index in [4.69, 9.17) is 16.3 Å². The summed E-state index contributed by atoms with van der Waals surface area (Å²) in [6.07, 6.45) is 1.50. The van der Waals surface area contributed by atoms with E-state index in [1.54, 1.807) is 31.5 Å². The minimum Gasteiger partial charge on any atom is -0.496 e. The molecule has 90 valence electrons. The maximum Gasteiger partial charge on any atom is 0.122 e. The van der Waals surface area contributed by atoms with Crippen molar-refractivity contribution in [3.05, 3.63) is 45.4 Å². The van der Waals surface area contributed by atoms with Crippen LogP contribution < -0.4 is 4.74 Å². The van der Waals surface area contributed by atoms with Crippen LogP contribution in [0.4, 0.5) is 0 Å². The van der Waals surface area contributed by atoms with Crippen LogP contribution in [0.25, 0.3) is 0 Å². The van der Waals surface area contributed by atoms with Gasteiger partial charge in [-0.2, -0.15) is 0 Å². The van der Waals surface area contributed by atoms with Crippen molar-refractivity contribution in [2.75, 3.05) is 7.11 Å². The molecular weight excluding hydrogens is 258 g/mol. The number of hydrogen-bond acceptors (Lipinski definition) is 4. The topological polar surface area (TPSA) is 42.4 Å². The van der Waals surface area contributed by atoms with Crippen LogP contribution in [0, 0.1) is 0 Å². The Morgan fingerprint density at radius 3 is 3.00 bits per heavy atom. The summed E-state index contributed by atoms with van der Waals surface area (Å²) in [6, 6.07) is 5.36. The summed E-state index contributed by atoms with van der Waals surface area (Å²) in [5.41, 5.74) is 0.878. The van der Waals surface area contributed by atoms with Crippen molar-refractivity contribution in [2.45, 2.75) is 12.5 Å². The van der Waals surface area contributed by atoms with Gasteiger partial charge in [-0.05, 0) is 23.8 Å². The summed E-state index contributed by atoms with van der Waals surface area (Å²) in [5, 5.41) is 13.2. The molecule has 0 saturated carbocycles. The lowest BCUT2D eigenvalue weighted by Gasteiger charge is -2.11. The Labute approximate surface area is 109 Å². The van der Waals surface area contributed by atoms with Crippen LogP contribution in [0.1, 0.15) is 16.7 Å². The number of halogens is 1. The maximum atomic E-state index is 10.0. The maximum absolute atomic E-state index is 10.0. The van der Waals surface area contributed by atoms with Crippen LogP contribution in [-0.2, 0) is 6.42 Å². The highest BCUT2D eigenvalue weighted by Gasteiger charge is 2.14. The first-order chi connectivity index (χ1) is 8.20. The zero-order chi connectivity index (χ0) is 12.3. The molecule has 0 bridgehead atoms. The van der Waals surface area contributed by atoms with Gasteiger partial charge in [0.2, 0.25) is 0 Å². The van der Waals surface area contributed by atoms with E-state index in [0.717, 1.165) is 11.3 Å². The second-order valence-corrected chi connectivity index (χ2v) is 4.91. The highest BCUT2D eigenvalue weighted by Crippen LogP contribution is 2.28. The Morgan fingerprint density at radius 1 is 1.53 bits per heavy atom. The first-order valence-corrected chi connectivity index (χ1v) is 6.36. The molecule has 0 aliphatic heterocycles. The first kappa shape index (κ1) is 12.4. The molecule has 0 amide bonds. The molecule has 2 rings (SSSR count). The Bertz CT molecular complexity index is 487. The Kier molecular flexibility index (Phi) is 3.99. The van der Waals surface area contributed by atoms with Gasteiger partial charge in [0.15, 0.2) is 0 Å². The number of aliphatic hydroxyl groups excluding tert-OH is 1. The number of rotatable bonds is 4. The minimum absolute atomic E-state index is 0.442. The number of ether oxygens (including phenoxy) is 1. The third-order valence-corrected chi connectivity index (χ3v) is 3.50. The van der Waals surface area contributed by atoms with Crippen LogP contribution in [0.3, 0.4) is 0 Å². The molecule has 2 aromatic rings. The van der Waals surface area contributed by atoms with Gasteiger partial charge in [-0.15, -0.1) is 11.3 Å². The van der Waals surface area contributed by atoms with Crippen LogP contribution in [0.2, 0.25) is 5.02 Å². The molecule has 1 aromatic carbocycles. The SMILES string of the molecule is COc1ccc(Cl)cc1CC(O)c1nccs1. The second-order valence-electron chi connectivity index (χ2n) is 3.55. The van der Waals surface area contributed by atoms with Gasteiger partial charge in [-0.1, -0.05) is 11.6 Å². The van der Waals surface area contributed by atoms with Crippen molar-refractivity contribution < 1.29 is 9.84 Å². The summed E-state index contributed by atoms with van der Waals surface area (Å²) in [7, 11) is 1.60. The van der Waals surface area contributed by atoms with Gasteiger partial charge in [-0.3, -0.25) is 0 Å². The van der Waals surface area contributed by atoms with Crippen LogP contribution in [0.15, 0.2) is 29.8 Å². The number of aromatic nitrogens is 1. The molecule has 1 atom stereocenters. The average Bonchev–Trinajstić information content (AvgIpc) is 2.83. The third-order valence-electron chi connectivity index (χ3n) is 2.39. The molecular formula is C12H12ClNO2S. The lowest BCUT2D eigenvalue weighted by Crippen LogP contribution is -2.03. The van der Waals surface area contributed by atoms with Gasteiger partial charge in [0.25, 0.3) is 0 Å². The largest absolute Gasteiger partial charge is 0.496 e. The average molecular weight is 270 g/mol. The summed E-state index contributed by atoms with van der Waals surface area (Å²) in [6.45, 7) is 0. The smallest absolute Gasteiger partial charge is 0.122 e. The molecule has 1 aromatic heterocycles. The lowest BCUT2D eigenvalue weighted by molar-refractivity contribution is 0.177. The van der Waals surface area contributed by atoms with Crippen molar-refractivity contribution in [1.29, 1.82) is 0 Å². The Morgan fingerprint density at radius 2 is 2.35 bits per heavy atom. The molecule has 1 N–H and O–H groups in total. The quantitative estimate of drug-likeness (QED) is 0.928. The minimum atomic E-state index is -0.623. The zero-order valence-corrected chi connectivity index (χ0v) is 10.8. The van der Waals surface area contributed by atoms with Gasteiger partial charge < -0.3 is 9.84 Å². The molecule has 5 heteroatoms. The van der Waals surface area contributed by atoms with Crippen molar-refractivity contribution in [3.63, 3.8) is 0 Å². The van der Waals surface area contributed by atoms with Crippen molar-refractivity contribution >= 4 is 22.9 Å². The van der Waals surface area contributed by atoms with Gasteiger partial charge in [0, 0.05) is 23.0 Å². The summed E-state index contributed by atoms with van der Waals surface area (Å²) < 4.78 is 5.23. The molecule has 3 nitrogen and oxygen atoms in total. The second kappa shape index (κ2) is 5.49. The van der Waals surface area contributed by atoms with E-state index in [-0.39, 0.29) is 0 Å². The number of benzene rings is 1. The fraction of sp³-hybridized carbons (Fsp3) is 0.250. The molecule has 1 unspecified atom stereocenters. The summed E-state index contributed by atoms with van der Waals surface area (Å²) in [5.74, 6) is 0.727. The van der Waals surface area contributed by atoms with Crippen molar-refractivity contribution in [1.82, 2.24) is 4.98 Å². The van der Waals surface area contributed by atoms with E-state index in [2.05, 4.69) is 4.98 Å². The van der Waals surface area contributed by atoms with E-state index < -0.39 is 6.10 Å². The Hall–Kier alpha value is -1.10. The van der Waals surface area contributed by atoms with Crippen molar-refractivity contribution in [2.24, 2.45) is 0 Å². The van der Waals surface area contributed by atoms with Crippen LogP contribution in [0.5, 0.6) is 5.75 Å². The summed E-state index contributed by atoms with van der Waals surface area (Å²) in [4.78, 5) is 4.08. The van der Waals surface area contributed by atoms with Crippen LogP contribution >= 0.6 is 22.9 Å². The van der Waals surface area contributed by atoms with Gasteiger partial charge in [0.05, 0.1) is 7.11 Å². The number of hydrogen-bond donors (Lipinski definition) is 1. The number of thiazole rings is 1. The number of aliphatic hydroxyl groups is 1. The molecule has 0 spiro atoms. The van der Waals surface area contributed by atoms with Gasteiger partial charge >= 0.3 is 0 Å². The molecule has 17 heavy (non-hydrogen) atoms.